The maximum absolute atomic E-state index is 12.8. The molecular weight excluding hydrogens is 418 g/mol. The van der Waals surface area contributed by atoms with Gasteiger partial charge in [0.25, 0.3) is 0 Å². The van der Waals surface area contributed by atoms with Gasteiger partial charge >= 0.3 is 0 Å². The van der Waals surface area contributed by atoms with Crippen LogP contribution in [0.4, 0.5) is 0 Å². The molecule has 2 aromatic carbocycles. The Kier molecular flexibility index (Phi) is 6.83. The summed E-state index contributed by atoms with van der Waals surface area (Å²) >= 11 is 0. The number of hydrogen-bond acceptors (Lipinski definition) is 5. The lowest BCUT2D eigenvalue weighted by Gasteiger charge is -2.20. The molecule has 8 nitrogen and oxygen atoms in total. The third-order valence-corrected chi connectivity index (χ3v) is 5.63. The molecule has 0 fully saturated rings. The van der Waals surface area contributed by atoms with Crippen molar-refractivity contribution in [2.45, 2.75) is 25.3 Å². The molecule has 2 amide bonds. The third-order valence-electron chi connectivity index (χ3n) is 5.63. The van der Waals surface area contributed by atoms with Crippen molar-refractivity contribution in [2.24, 2.45) is 12.1 Å². The summed E-state index contributed by atoms with van der Waals surface area (Å²) in [4.78, 5) is 29.8. The smallest absolute Gasteiger partial charge is 0.243 e. The highest BCUT2D eigenvalue weighted by Gasteiger charge is 2.24. The average molecular weight is 446 g/mol. The number of benzene rings is 2. The second-order valence-corrected chi connectivity index (χ2v) is 7.85. The molecular formula is C25H27N5O3. The number of ether oxygens (including phenoxy) is 1. The Labute approximate surface area is 192 Å². The zero-order valence-corrected chi connectivity index (χ0v) is 18.8. The van der Waals surface area contributed by atoms with Crippen LogP contribution >= 0.6 is 0 Å². The molecule has 4 rings (SSSR count). The van der Waals surface area contributed by atoms with Crippen molar-refractivity contribution >= 4 is 17.5 Å². The van der Waals surface area contributed by atoms with Crippen molar-refractivity contribution in [3.05, 3.63) is 83.9 Å². The van der Waals surface area contributed by atoms with Crippen LogP contribution in [0.15, 0.2) is 72.1 Å². The number of amides is 2. The normalized spacial score (nSPS) is 14.0. The quantitative estimate of drug-likeness (QED) is 0.577. The molecule has 0 saturated carbocycles. The van der Waals surface area contributed by atoms with Gasteiger partial charge in [-0.25, -0.2) is 9.99 Å². The standard InChI is InChI=1S/C25H27N5O3/c1-29-17-15-26-25(29)24(19-8-10-20(33-2)11-9-19)27-22(31)12-13-23(32)30-16-14-21(28-30)18-6-4-3-5-7-18/h3-11,15,17,24H,12-14,16H2,1-2H3,(H,27,31)/t24-/m1/s1. The fourth-order valence-corrected chi connectivity index (χ4v) is 3.80. The molecule has 1 aliphatic heterocycles. The van der Waals surface area contributed by atoms with E-state index in [9.17, 15) is 9.59 Å². The molecule has 8 heteroatoms. The van der Waals surface area contributed by atoms with Crippen LogP contribution in [-0.2, 0) is 16.6 Å². The topological polar surface area (TPSA) is 88.8 Å². The molecule has 1 atom stereocenters. The number of aromatic nitrogens is 2. The highest BCUT2D eigenvalue weighted by Crippen LogP contribution is 2.23. The molecule has 0 bridgehead atoms. The van der Waals surface area contributed by atoms with Gasteiger partial charge < -0.3 is 14.6 Å². The first kappa shape index (κ1) is 22.3. The summed E-state index contributed by atoms with van der Waals surface area (Å²) < 4.78 is 7.10. The summed E-state index contributed by atoms with van der Waals surface area (Å²) in [5.41, 5.74) is 2.78. The second kappa shape index (κ2) is 10.1. The van der Waals surface area contributed by atoms with Crippen molar-refractivity contribution in [3.63, 3.8) is 0 Å². The maximum Gasteiger partial charge on any atom is 0.243 e. The summed E-state index contributed by atoms with van der Waals surface area (Å²) in [6.45, 7) is 0.534. The van der Waals surface area contributed by atoms with E-state index >= 15 is 0 Å². The average Bonchev–Trinajstić information content (AvgIpc) is 3.51. The Morgan fingerprint density at radius 3 is 2.52 bits per heavy atom. The summed E-state index contributed by atoms with van der Waals surface area (Å²) in [6, 6.07) is 16.9. The number of rotatable bonds is 8. The monoisotopic (exact) mass is 445 g/mol. The third kappa shape index (κ3) is 5.28. The highest BCUT2D eigenvalue weighted by molar-refractivity contribution is 6.02. The van der Waals surface area contributed by atoms with Gasteiger partial charge in [-0.3, -0.25) is 9.59 Å². The molecule has 3 aromatic rings. The minimum atomic E-state index is -0.437. The first-order valence-electron chi connectivity index (χ1n) is 10.9. The van der Waals surface area contributed by atoms with E-state index in [1.807, 2.05) is 72.4 Å². The number of methoxy groups -OCH3 is 1. The SMILES string of the molecule is COc1ccc([C@@H](NC(=O)CCC(=O)N2CCC(c3ccccc3)=N2)c2nccn2C)cc1. The molecule has 1 N–H and O–H groups in total. The van der Waals surface area contributed by atoms with E-state index in [1.165, 1.54) is 5.01 Å². The number of imidazole rings is 1. The summed E-state index contributed by atoms with van der Waals surface area (Å²) in [5.74, 6) is 1.06. The van der Waals surface area contributed by atoms with Crippen molar-refractivity contribution in [1.29, 1.82) is 0 Å². The van der Waals surface area contributed by atoms with Crippen molar-refractivity contribution < 1.29 is 14.3 Å². The summed E-state index contributed by atoms with van der Waals surface area (Å²) in [6.07, 6.45) is 4.39. The Morgan fingerprint density at radius 2 is 1.85 bits per heavy atom. The Balaban J connectivity index is 1.39. The lowest BCUT2D eigenvalue weighted by atomic mass is 10.1. The van der Waals surface area contributed by atoms with Gasteiger partial charge in [-0.2, -0.15) is 5.10 Å². The molecule has 0 unspecified atom stereocenters. The number of nitrogens with one attached hydrogen (secondary N) is 1. The van der Waals surface area contributed by atoms with E-state index in [0.29, 0.717) is 18.8 Å². The van der Waals surface area contributed by atoms with Crippen LogP contribution < -0.4 is 10.1 Å². The van der Waals surface area contributed by atoms with Gasteiger partial charge in [0.05, 0.1) is 19.4 Å². The Hall–Kier alpha value is -3.94. The van der Waals surface area contributed by atoms with Crippen LogP contribution in [0.1, 0.15) is 42.3 Å². The van der Waals surface area contributed by atoms with Crippen LogP contribution in [0.5, 0.6) is 5.75 Å². The van der Waals surface area contributed by atoms with E-state index in [4.69, 9.17) is 4.74 Å². The minimum absolute atomic E-state index is 0.0720. The lowest BCUT2D eigenvalue weighted by molar-refractivity contribution is -0.133. The van der Waals surface area contributed by atoms with Gasteiger partial charge in [0, 0.05) is 38.7 Å². The van der Waals surface area contributed by atoms with Crippen LogP contribution in [0.25, 0.3) is 0 Å². The van der Waals surface area contributed by atoms with Gasteiger partial charge in [0.2, 0.25) is 11.8 Å². The van der Waals surface area contributed by atoms with Crippen LogP contribution in [0.3, 0.4) is 0 Å². The zero-order valence-electron chi connectivity index (χ0n) is 18.8. The fourth-order valence-electron chi connectivity index (χ4n) is 3.80. The maximum atomic E-state index is 12.8. The highest BCUT2D eigenvalue weighted by atomic mass is 16.5. The van der Waals surface area contributed by atoms with Crippen molar-refractivity contribution in [2.75, 3.05) is 13.7 Å². The molecule has 33 heavy (non-hydrogen) atoms. The molecule has 0 radical (unpaired) electrons. The second-order valence-electron chi connectivity index (χ2n) is 7.85. The molecule has 170 valence electrons. The first-order valence-corrected chi connectivity index (χ1v) is 10.9. The van der Waals surface area contributed by atoms with E-state index < -0.39 is 6.04 Å². The van der Waals surface area contributed by atoms with E-state index in [2.05, 4.69) is 15.4 Å². The molecule has 0 saturated heterocycles. The summed E-state index contributed by atoms with van der Waals surface area (Å²) in [7, 11) is 3.49. The number of hydrazone groups is 1. The van der Waals surface area contributed by atoms with E-state index in [-0.39, 0.29) is 24.7 Å². The number of carbonyl (C=O) groups is 2. The van der Waals surface area contributed by atoms with Gasteiger partial charge in [0.1, 0.15) is 17.6 Å². The lowest BCUT2D eigenvalue weighted by Crippen LogP contribution is -2.32. The Morgan fingerprint density at radius 1 is 1.09 bits per heavy atom. The number of carbonyl (C=O) groups excluding carboxylic acids is 2. The van der Waals surface area contributed by atoms with Crippen LogP contribution in [-0.4, -0.2) is 45.7 Å². The van der Waals surface area contributed by atoms with Crippen LogP contribution in [0.2, 0.25) is 0 Å². The van der Waals surface area contributed by atoms with Gasteiger partial charge in [0.15, 0.2) is 0 Å². The molecule has 2 heterocycles. The number of nitrogens with zero attached hydrogens (tertiary/aromatic N) is 4. The molecule has 0 aliphatic carbocycles. The predicted octanol–water partition coefficient (Wildman–Crippen LogP) is 3.05. The minimum Gasteiger partial charge on any atom is -0.497 e. The summed E-state index contributed by atoms with van der Waals surface area (Å²) in [5, 5.41) is 8.95. The first-order chi connectivity index (χ1) is 16.0. The predicted molar refractivity (Wildman–Crippen MR) is 125 cm³/mol. The van der Waals surface area contributed by atoms with Gasteiger partial charge in [-0.05, 0) is 23.3 Å². The van der Waals surface area contributed by atoms with Crippen molar-refractivity contribution in [3.8, 4) is 5.75 Å². The molecule has 1 aromatic heterocycles. The zero-order chi connectivity index (χ0) is 23.2. The van der Waals surface area contributed by atoms with E-state index in [1.54, 1.807) is 13.3 Å². The van der Waals surface area contributed by atoms with E-state index in [0.717, 1.165) is 22.6 Å². The molecule has 0 spiro atoms. The Bertz CT molecular complexity index is 1140. The van der Waals surface area contributed by atoms with Gasteiger partial charge in [-0.1, -0.05) is 42.5 Å². The number of hydrogen-bond donors (Lipinski definition) is 1. The van der Waals surface area contributed by atoms with Crippen molar-refractivity contribution in [1.82, 2.24) is 19.9 Å². The largest absolute Gasteiger partial charge is 0.497 e. The van der Waals surface area contributed by atoms with Crippen LogP contribution in [0, 0.1) is 0 Å². The fraction of sp³-hybridized carbons (Fsp3) is 0.280. The molecule has 1 aliphatic rings. The van der Waals surface area contributed by atoms with Gasteiger partial charge in [-0.15, -0.1) is 0 Å². The number of aryl methyl sites for hydroxylation is 1.